The van der Waals surface area contributed by atoms with Gasteiger partial charge >= 0.3 is 5.97 Å². The van der Waals surface area contributed by atoms with Crippen LogP contribution in [-0.4, -0.2) is 57.4 Å². The lowest BCUT2D eigenvalue weighted by molar-refractivity contribution is -0.132. The van der Waals surface area contributed by atoms with Crippen LogP contribution < -0.4 is 33.7 Å². The number of hydrogen-bond acceptors (Lipinski definition) is 9. The highest BCUT2D eigenvalue weighted by Crippen LogP contribution is 2.41. The van der Waals surface area contributed by atoms with Gasteiger partial charge in [0, 0.05) is 34.3 Å². The number of amides is 1. The minimum absolute atomic E-state index is 0.112. The summed E-state index contributed by atoms with van der Waals surface area (Å²) in [4.78, 5) is 34.6. The minimum atomic E-state index is -0.509. The first kappa shape index (κ1) is 34.4. The molecule has 6 aromatic rings. The van der Waals surface area contributed by atoms with E-state index in [1.165, 1.54) is 35.4 Å². The van der Waals surface area contributed by atoms with Gasteiger partial charge in [-0.25, -0.2) is 4.98 Å². The zero-order valence-electron chi connectivity index (χ0n) is 29.1. The van der Waals surface area contributed by atoms with Gasteiger partial charge in [-0.15, -0.1) is 0 Å². The van der Waals surface area contributed by atoms with Gasteiger partial charge in [0.1, 0.15) is 5.75 Å². The van der Waals surface area contributed by atoms with Gasteiger partial charge in [0.2, 0.25) is 5.75 Å². The lowest BCUT2D eigenvalue weighted by Gasteiger charge is -2.16. The molecule has 2 aromatic heterocycles. The molecule has 0 saturated heterocycles. The van der Waals surface area contributed by atoms with E-state index in [4.69, 9.17) is 33.4 Å². The van der Waals surface area contributed by atoms with Crippen molar-refractivity contribution < 1.29 is 38.0 Å². The molecule has 2 heterocycles. The summed E-state index contributed by atoms with van der Waals surface area (Å²) in [6.45, 7) is 1.42. The quantitative estimate of drug-likeness (QED) is 0.0593. The van der Waals surface area contributed by atoms with Crippen molar-refractivity contribution in [3.8, 4) is 45.8 Å². The Hall–Kier alpha value is -6.49. The van der Waals surface area contributed by atoms with Crippen LogP contribution in [0.1, 0.15) is 23.7 Å². The molecular weight excluding hydrogens is 650 g/mol. The fourth-order valence-corrected chi connectivity index (χ4v) is 5.91. The molecule has 1 amide bonds. The number of esters is 1. The number of aromatic nitrogens is 2. The fourth-order valence-electron chi connectivity index (χ4n) is 5.91. The molecule has 0 aliphatic heterocycles. The number of aromatic amines is 1. The molecule has 6 rings (SSSR count). The standard InChI is InChI=1S/C40H37N3O8/c1-23(44)51-34-18-24(11-16-33(34)47-3)17-30(26-19-35(48-4)39(50-6)36(20-26)49-5)40(45)41-22-27-21-31-29-9-7-8-10-32(29)43-38(31)37(42-27)25-12-14-28(46-2)15-13-25/h7-21,43H,22H2,1-6H3,(H,41,45)/b30-17+. The second kappa shape index (κ2) is 15.0. The first-order valence-electron chi connectivity index (χ1n) is 16.0. The topological polar surface area (TPSA) is 130 Å². The van der Waals surface area contributed by atoms with E-state index in [2.05, 4.69) is 16.4 Å². The van der Waals surface area contributed by atoms with Gasteiger partial charge in [-0.05, 0) is 77.9 Å². The summed E-state index contributed by atoms with van der Waals surface area (Å²) in [5.74, 6) is 1.53. The van der Waals surface area contributed by atoms with Gasteiger partial charge in [-0.3, -0.25) is 9.59 Å². The predicted molar refractivity (Wildman–Crippen MR) is 196 cm³/mol. The lowest BCUT2D eigenvalue weighted by atomic mass is 10.00. The third-order valence-electron chi connectivity index (χ3n) is 8.32. The molecule has 0 aliphatic rings. The Morgan fingerprint density at radius 1 is 0.745 bits per heavy atom. The van der Waals surface area contributed by atoms with Crippen molar-refractivity contribution in [1.82, 2.24) is 15.3 Å². The highest BCUT2D eigenvalue weighted by molar-refractivity contribution is 6.24. The van der Waals surface area contributed by atoms with E-state index in [0.717, 1.165) is 38.8 Å². The number of nitrogens with zero attached hydrogens (tertiary/aromatic N) is 1. The number of pyridine rings is 1. The lowest BCUT2D eigenvalue weighted by Crippen LogP contribution is -2.24. The minimum Gasteiger partial charge on any atom is -0.497 e. The molecule has 0 aliphatic carbocycles. The van der Waals surface area contributed by atoms with E-state index in [-0.39, 0.29) is 17.9 Å². The van der Waals surface area contributed by atoms with Gasteiger partial charge in [0.05, 0.1) is 59.0 Å². The average Bonchev–Trinajstić information content (AvgIpc) is 3.53. The van der Waals surface area contributed by atoms with Gasteiger partial charge < -0.3 is 38.7 Å². The monoisotopic (exact) mass is 687 g/mol. The number of nitrogens with one attached hydrogen (secondary N) is 2. The Morgan fingerprint density at radius 2 is 1.45 bits per heavy atom. The van der Waals surface area contributed by atoms with Crippen molar-refractivity contribution in [3.63, 3.8) is 0 Å². The molecule has 0 saturated carbocycles. The van der Waals surface area contributed by atoms with Crippen LogP contribution in [0.3, 0.4) is 0 Å². The number of H-pyrrole nitrogens is 1. The summed E-state index contributed by atoms with van der Waals surface area (Å²) < 4.78 is 32.9. The summed E-state index contributed by atoms with van der Waals surface area (Å²) in [5.41, 5.74) is 5.49. The number of para-hydroxylation sites is 1. The number of ether oxygens (including phenoxy) is 6. The molecule has 11 nitrogen and oxygen atoms in total. The van der Waals surface area contributed by atoms with Crippen LogP contribution >= 0.6 is 0 Å². The largest absolute Gasteiger partial charge is 0.497 e. The van der Waals surface area contributed by atoms with E-state index in [1.54, 1.807) is 43.5 Å². The summed E-state index contributed by atoms with van der Waals surface area (Å²) in [6.07, 6.45) is 1.68. The second-order valence-electron chi connectivity index (χ2n) is 11.4. The SMILES string of the molecule is COc1ccc(-c2nc(CNC(=O)/C(=C/c3ccc(OC)c(OC(C)=O)c3)c3cc(OC)c(OC)c(OC)c3)cc3c2[nH]c2ccccc23)cc1. The smallest absolute Gasteiger partial charge is 0.308 e. The van der Waals surface area contributed by atoms with Crippen molar-refractivity contribution in [2.75, 3.05) is 35.5 Å². The highest BCUT2D eigenvalue weighted by atomic mass is 16.6. The highest BCUT2D eigenvalue weighted by Gasteiger charge is 2.21. The van der Waals surface area contributed by atoms with Gasteiger partial charge in [0.25, 0.3) is 5.91 Å². The predicted octanol–water partition coefficient (Wildman–Crippen LogP) is 7.21. The van der Waals surface area contributed by atoms with Crippen LogP contribution in [-0.2, 0) is 16.1 Å². The Labute approximate surface area is 294 Å². The summed E-state index contributed by atoms with van der Waals surface area (Å²) in [6, 6.07) is 26.2. The number of carbonyl (C=O) groups excluding carboxylic acids is 2. The van der Waals surface area contributed by atoms with Crippen molar-refractivity contribution >= 4 is 45.3 Å². The molecule has 0 bridgehead atoms. The molecule has 260 valence electrons. The maximum Gasteiger partial charge on any atom is 0.308 e. The second-order valence-corrected chi connectivity index (χ2v) is 11.4. The number of rotatable bonds is 12. The van der Waals surface area contributed by atoms with E-state index in [0.29, 0.717) is 39.8 Å². The van der Waals surface area contributed by atoms with Crippen LogP contribution in [0.15, 0.2) is 84.9 Å². The van der Waals surface area contributed by atoms with Crippen LogP contribution in [0.25, 0.3) is 44.7 Å². The Kier molecular flexibility index (Phi) is 10.1. The number of carbonyl (C=O) groups is 2. The van der Waals surface area contributed by atoms with Crippen molar-refractivity contribution in [2.24, 2.45) is 0 Å². The van der Waals surface area contributed by atoms with Gasteiger partial charge in [-0.2, -0.15) is 0 Å². The zero-order valence-corrected chi connectivity index (χ0v) is 29.1. The number of methoxy groups -OCH3 is 5. The summed E-state index contributed by atoms with van der Waals surface area (Å²) in [7, 11) is 7.63. The first-order chi connectivity index (χ1) is 24.8. The van der Waals surface area contributed by atoms with E-state index in [9.17, 15) is 9.59 Å². The summed E-state index contributed by atoms with van der Waals surface area (Å²) >= 11 is 0. The van der Waals surface area contributed by atoms with E-state index in [1.807, 2.05) is 48.5 Å². The zero-order chi connectivity index (χ0) is 36.1. The Morgan fingerprint density at radius 3 is 2.10 bits per heavy atom. The molecule has 11 heteroatoms. The van der Waals surface area contributed by atoms with Crippen molar-refractivity contribution in [3.05, 3.63) is 102 Å². The molecule has 0 spiro atoms. The molecular formula is C40H37N3O8. The third kappa shape index (κ3) is 7.13. The molecule has 0 radical (unpaired) electrons. The van der Waals surface area contributed by atoms with Crippen LogP contribution in [0.5, 0.6) is 34.5 Å². The van der Waals surface area contributed by atoms with Crippen LogP contribution in [0.4, 0.5) is 0 Å². The fraction of sp³-hybridized carbons (Fsp3) is 0.175. The molecule has 0 unspecified atom stereocenters. The van der Waals surface area contributed by atoms with Crippen LogP contribution in [0, 0.1) is 0 Å². The third-order valence-corrected chi connectivity index (χ3v) is 8.32. The van der Waals surface area contributed by atoms with Gasteiger partial charge in [0.15, 0.2) is 23.0 Å². The van der Waals surface area contributed by atoms with Crippen molar-refractivity contribution in [2.45, 2.75) is 13.5 Å². The maximum absolute atomic E-state index is 14.3. The average molecular weight is 688 g/mol. The molecule has 0 atom stereocenters. The Bertz CT molecular complexity index is 2250. The van der Waals surface area contributed by atoms with Crippen LogP contribution in [0.2, 0.25) is 0 Å². The van der Waals surface area contributed by atoms with E-state index >= 15 is 0 Å². The molecule has 2 N–H and O–H groups in total. The van der Waals surface area contributed by atoms with E-state index < -0.39 is 11.9 Å². The number of hydrogen-bond donors (Lipinski definition) is 2. The first-order valence-corrected chi connectivity index (χ1v) is 16.0. The van der Waals surface area contributed by atoms with Gasteiger partial charge in [-0.1, -0.05) is 24.3 Å². The molecule has 4 aromatic carbocycles. The van der Waals surface area contributed by atoms with Crippen molar-refractivity contribution in [1.29, 1.82) is 0 Å². The Balaban J connectivity index is 1.43. The number of fused-ring (bicyclic) bond motifs is 3. The molecule has 0 fully saturated rings. The summed E-state index contributed by atoms with van der Waals surface area (Å²) in [5, 5.41) is 5.09. The molecule has 51 heavy (non-hydrogen) atoms. The number of benzene rings is 4. The maximum atomic E-state index is 14.3. The normalized spacial score (nSPS) is 11.3.